The van der Waals surface area contributed by atoms with Gasteiger partial charge in [-0.1, -0.05) is 23.2 Å². The molecule has 1 rings (SSSR count). The summed E-state index contributed by atoms with van der Waals surface area (Å²) >= 11 is 11.7. The van der Waals surface area contributed by atoms with E-state index in [1.54, 1.807) is 37.1 Å². The van der Waals surface area contributed by atoms with Crippen molar-refractivity contribution in [1.82, 2.24) is 4.90 Å². The minimum Gasteiger partial charge on any atom is -0.481 e. The van der Waals surface area contributed by atoms with Crippen LogP contribution in [0.25, 0.3) is 0 Å². The van der Waals surface area contributed by atoms with Crippen molar-refractivity contribution in [3.05, 3.63) is 28.2 Å². The van der Waals surface area contributed by atoms with E-state index in [9.17, 15) is 4.79 Å². The van der Waals surface area contributed by atoms with Crippen LogP contribution < -0.4 is 10.5 Å². The zero-order valence-electron chi connectivity index (χ0n) is 11.6. The number of hydrogen-bond donors (Lipinski definition) is 1. The topological polar surface area (TPSA) is 55.6 Å². The number of carbonyl (C=O) groups is 1. The Morgan fingerprint density at radius 1 is 1.35 bits per heavy atom. The van der Waals surface area contributed by atoms with Gasteiger partial charge >= 0.3 is 0 Å². The Kier molecular flexibility index (Phi) is 8.28. The van der Waals surface area contributed by atoms with Crippen LogP contribution in [0.3, 0.4) is 0 Å². The number of rotatable bonds is 5. The van der Waals surface area contributed by atoms with E-state index in [2.05, 4.69) is 0 Å². The number of amides is 1. The molecular weight excluding hydrogens is 323 g/mol. The summed E-state index contributed by atoms with van der Waals surface area (Å²) in [4.78, 5) is 13.7. The molecule has 0 aromatic heterocycles. The normalized spacial score (nSPS) is 13.1. The highest BCUT2D eigenvalue weighted by Crippen LogP contribution is 2.27. The molecule has 0 aliphatic carbocycles. The molecule has 2 unspecified atom stereocenters. The van der Waals surface area contributed by atoms with E-state index >= 15 is 0 Å². The second-order valence-electron chi connectivity index (χ2n) is 4.37. The molecule has 0 aliphatic rings. The molecule has 2 N–H and O–H groups in total. The van der Waals surface area contributed by atoms with Crippen molar-refractivity contribution >= 4 is 41.5 Å². The predicted molar refractivity (Wildman–Crippen MR) is 85.1 cm³/mol. The summed E-state index contributed by atoms with van der Waals surface area (Å²) in [7, 11) is 1.70. The third kappa shape index (κ3) is 5.02. The fourth-order valence-corrected chi connectivity index (χ4v) is 1.75. The molecule has 0 saturated carbocycles. The SMILES string of the molecule is CC(Oc1ccc(Cl)c(Cl)c1)C(=O)N(C)C(C)CN.Cl. The molecule has 114 valence electrons. The summed E-state index contributed by atoms with van der Waals surface area (Å²) in [5.41, 5.74) is 5.53. The van der Waals surface area contributed by atoms with E-state index in [0.29, 0.717) is 22.3 Å². The summed E-state index contributed by atoms with van der Waals surface area (Å²) in [5, 5.41) is 0.837. The second-order valence-corrected chi connectivity index (χ2v) is 5.18. The Morgan fingerprint density at radius 3 is 2.45 bits per heavy atom. The van der Waals surface area contributed by atoms with Gasteiger partial charge in [0, 0.05) is 25.7 Å². The highest BCUT2D eigenvalue weighted by molar-refractivity contribution is 6.42. The van der Waals surface area contributed by atoms with E-state index in [1.807, 2.05) is 6.92 Å². The lowest BCUT2D eigenvalue weighted by Crippen LogP contribution is -2.45. The summed E-state index contributed by atoms with van der Waals surface area (Å²) in [6.45, 7) is 3.97. The van der Waals surface area contributed by atoms with E-state index in [-0.39, 0.29) is 24.4 Å². The van der Waals surface area contributed by atoms with Crippen LogP contribution in [0, 0.1) is 0 Å². The molecule has 1 aromatic carbocycles. The minimum atomic E-state index is -0.615. The molecule has 4 nitrogen and oxygen atoms in total. The number of halogens is 3. The quantitative estimate of drug-likeness (QED) is 0.895. The molecular formula is C13H19Cl3N2O2. The number of carbonyl (C=O) groups excluding carboxylic acids is 1. The van der Waals surface area contributed by atoms with Crippen LogP contribution >= 0.6 is 35.6 Å². The van der Waals surface area contributed by atoms with Gasteiger partial charge in [-0.05, 0) is 26.0 Å². The van der Waals surface area contributed by atoms with E-state index in [4.69, 9.17) is 33.7 Å². The lowest BCUT2D eigenvalue weighted by atomic mass is 10.2. The standard InChI is InChI=1S/C13H18Cl2N2O2.ClH/c1-8(7-16)17(3)13(18)9(2)19-10-4-5-11(14)12(15)6-10;/h4-6,8-9H,7,16H2,1-3H3;1H. The number of hydrogen-bond acceptors (Lipinski definition) is 3. The van der Waals surface area contributed by atoms with Gasteiger partial charge in [-0.15, -0.1) is 12.4 Å². The molecule has 20 heavy (non-hydrogen) atoms. The van der Waals surface area contributed by atoms with E-state index in [0.717, 1.165) is 0 Å². The van der Waals surface area contributed by atoms with Crippen molar-refractivity contribution in [3.8, 4) is 5.75 Å². The molecule has 7 heteroatoms. The Morgan fingerprint density at radius 2 is 1.95 bits per heavy atom. The fourth-order valence-electron chi connectivity index (χ4n) is 1.47. The number of benzene rings is 1. The first-order valence-electron chi connectivity index (χ1n) is 5.95. The van der Waals surface area contributed by atoms with Crippen LogP contribution in [-0.4, -0.2) is 36.5 Å². The van der Waals surface area contributed by atoms with Crippen molar-refractivity contribution in [3.63, 3.8) is 0 Å². The predicted octanol–water partition coefficient (Wildman–Crippen LogP) is 2.99. The van der Waals surface area contributed by atoms with Gasteiger partial charge in [0.2, 0.25) is 0 Å². The first-order chi connectivity index (χ1) is 8.86. The molecule has 0 bridgehead atoms. The molecule has 0 fully saturated rings. The number of likely N-dealkylation sites (N-methyl/N-ethyl adjacent to an activating group) is 1. The smallest absolute Gasteiger partial charge is 0.263 e. The van der Waals surface area contributed by atoms with Crippen LogP contribution in [0.2, 0.25) is 10.0 Å². The van der Waals surface area contributed by atoms with Gasteiger partial charge in [0.05, 0.1) is 10.0 Å². The first kappa shape index (κ1) is 19.3. The van der Waals surface area contributed by atoms with Crippen LogP contribution in [0.15, 0.2) is 18.2 Å². The van der Waals surface area contributed by atoms with Crippen molar-refractivity contribution in [2.24, 2.45) is 5.73 Å². The van der Waals surface area contributed by atoms with Gasteiger partial charge < -0.3 is 15.4 Å². The largest absolute Gasteiger partial charge is 0.481 e. The van der Waals surface area contributed by atoms with Gasteiger partial charge in [-0.25, -0.2) is 0 Å². The zero-order valence-corrected chi connectivity index (χ0v) is 13.9. The Balaban J connectivity index is 0.00000361. The van der Waals surface area contributed by atoms with Crippen LogP contribution in [0.5, 0.6) is 5.75 Å². The van der Waals surface area contributed by atoms with Gasteiger partial charge in [0.25, 0.3) is 5.91 Å². The Labute approximate surface area is 135 Å². The maximum atomic E-state index is 12.1. The van der Waals surface area contributed by atoms with Gasteiger partial charge in [-0.2, -0.15) is 0 Å². The summed E-state index contributed by atoms with van der Waals surface area (Å²) in [6.07, 6.45) is -0.615. The van der Waals surface area contributed by atoms with Crippen molar-refractivity contribution in [2.75, 3.05) is 13.6 Å². The first-order valence-corrected chi connectivity index (χ1v) is 6.70. The molecule has 1 aromatic rings. The zero-order chi connectivity index (χ0) is 14.6. The molecule has 2 atom stereocenters. The monoisotopic (exact) mass is 340 g/mol. The third-order valence-corrected chi connectivity index (χ3v) is 3.64. The van der Waals surface area contributed by atoms with Crippen LogP contribution in [0.4, 0.5) is 0 Å². The minimum absolute atomic E-state index is 0. The third-order valence-electron chi connectivity index (χ3n) is 2.90. The Bertz CT molecular complexity index is 457. The average Bonchev–Trinajstić information content (AvgIpc) is 2.40. The molecule has 0 saturated heterocycles. The lowest BCUT2D eigenvalue weighted by Gasteiger charge is -2.27. The van der Waals surface area contributed by atoms with Crippen LogP contribution in [0.1, 0.15) is 13.8 Å². The van der Waals surface area contributed by atoms with Crippen molar-refractivity contribution in [1.29, 1.82) is 0 Å². The Hall–Kier alpha value is -0.680. The van der Waals surface area contributed by atoms with Gasteiger partial charge in [-0.3, -0.25) is 4.79 Å². The van der Waals surface area contributed by atoms with Crippen LogP contribution in [-0.2, 0) is 4.79 Å². The average molecular weight is 342 g/mol. The van der Waals surface area contributed by atoms with E-state index in [1.165, 1.54) is 0 Å². The summed E-state index contributed by atoms with van der Waals surface area (Å²) in [6, 6.07) is 4.85. The molecule has 0 spiro atoms. The lowest BCUT2D eigenvalue weighted by molar-refractivity contribution is -0.138. The maximum absolute atomic E-state index is 12.1. The number of nitrogens with zero attached hydrogens (tertiary/aromatic N) is 1. The summed E-state index contributed by atoms with van der Waals surface area (Å²) in [5.74, 6) is 0.369. The highest BCUT2D eigenvalue weighted by atomic mass is 35.5. The number of ether oxygens (including phenoxy) is 1. The molecule has 1 amide bonds. The highest BCUT2D eigenvalue weighted by Gasteiger charge is 2.22. The summed E-state index contributed by atoms with van der Waals surface area (Å²) < 4.78 is 5.55. The molecule has 0 heterocycles. The maximum Gasteiger partial charge on any atom is 0.263 e. The van der Waals surface area contributed by atoms with Gasteiger partial charge in [0.1, 0.15) is 5.75 Å². The van der Waals surface area contributed by atoms with E-state index < -0.39 is 6.10 Å². The van der Waals surface area contributed by atoms with Crippen molar-refractivity contribution in [2.45, 2.75) is 26.0 Å². The number of nitrogens with two attached hydrogens (primary N) is 1. The van der Waals surface area contributed by atoms with Gasteiger partial charge in [0.15, 0.2) is 6.10 Å². The van der Waals surface area contributed by atoms with Crippen molar-refractivity contribution < 1.29 is 9.53 Å². The molecule has 0 aliphatic heterocycles. The molecule has 0 radical (unpaired) electrons. The second kappa shape index (κ2) is 8.57. The fraction of sp³-hybridized carbons (Fsp3) is 0.462.